The lowest BCUT2D eigenvalue weighted by molar-refractivity contribution is -0.301. The molecule has 0 aromatic carbocycles. The SMILES string of the molecule is CC/C=C\C/C=C\C/C=C\CCCCCCCCOCC(COC1OC(CO)C(O)C(OS(=O)(=O)O)C1O)OC(=O)CCCCCCCCCCCCC/C=C\CCCCCCCCCC. The Hall–Kier alpha value is -1.94. The van der Waals surface area contributed by atoms with Gasteiger partial charge in [0.25, 0.3) is 0 Å². The molecule has 1 aliphatic heterocycles. The Balaban J connectivity index is 2.33. The third kappa shape index (κ3) is 37.0. The van der Waals surface area contributed by atoms with E-state index in [9.17, 15) is 33.1 Å². The second kappa shape index (κ2) is 44.3. The van der Waals surface area contributed by atoms with Crippen LogP contribution in [-0.4, -0.2) is 97.5 Å². The van der Waals surface area contributed by atoms with Crippen molar-refractivity contribution in [3.8, 4) is 0 Å². The Kier molecular flexibility index (Phi) is 41.6. The number of unbranched alkanes of at least 4 members (excludes halogenated alkanes) is 25. The fourth-order valence-electron chi connectivity index (χ4n) is 7.98. The monoisotopic (exact) mass is 957 g/mol. The summed E-state index contributed by atoms with van der Waals surface area (Å²) in [5.41, 5.74) is 0. The van der Waals surface area contributed by atoms with Gasteiger partial charge in [-0.2, -0.15) is 8.42 Å². The summed E-state index contributed by atoms with van der Waals surface area (Å²) in [6, 6.07) is 0. The molecule has 0 amide bonds. The van der Waals surface area contributed by atoms with Crippen LogP contribution in [0, 0.1) is 0 Å². The van der Waals surface area contributed by atoms with E-state index in [1.165, 1.54) is 122 Å². The highest BCUT2D eigenvalue weighted by molar-refractivity contribution is 7.80. The summed E-state index contributed by atoms with van der Waals surface area (Å²) in [4.78, 5) is 12.9. The number of ether oxygens (including phenoxy) is 4. The lowest BCUT2D eigenvalue weighted by atomic mass is 9.99. The van der Waals surface area contributed by atoms with E-state index in [2.05, 4.69) is 66.6 Å². The van der Waals surface area contributed by atoms with Crippen LogP contribution in [0.4, 0.5) is 0 Å². The molecule has 0 spiro atoms. The van der Waals surface area contributed by atoms with E-state index < -0.39 is 59.8 Å². The van der Waals surface area contributed by atoms with E-state index in [0.717, 1.165) is 70.6 Å². The minimum absolute atomic E-state index is 0.0268. The molecule has 12 nitrogen and oxygen atoms in total. The molecule has 0 radical (unpaired) electrons. The van der Waals surface area contributed by atoms with Crippen LogP contribution in [0.2, 0.25) is 0 Å². The molecule has 0 aromatic rings. The van der Waals surface area contributed by atoms with Gasteiger partial charge in [0.2, 0.25) is 0 Å². The van der Waals surface area contributed by atoms with Gasteiger partial charge in [-0.3, -0.25) is 9.35 Å². The van der Waals surface area contributed by atoms with Gasteiger partial charge in [-0.25, -0.2) is 4.18 Å². The Morgan fingerprint density at radius 2 is 1.05 bits per heavy atom. The maximum atomic E-state index is 12.9. The molecule has 1 saturated heterocycles. The average molecular weight is 957 g/mol. The fraction of sp³-hybridized carbons (Fsp3) is 0.830. The maximum Gasteiger partial charge on any atom is 0.397 e. The van der Waals surface area contributed by atoms with Gasteiger partial charge in [0, 0.05) is 13.0 Å². The number of allylic oxidation sites excluding steroid dienone is 8. The first-order chi connectivity index (χ1) is 32.1. The summed E-state index contributed by atoms with van der Waals surface area (Å²) >= 11 is 0. The zero-order valence-corrected chi connectivity index (χ0v) is 42.3. The lowest BCUT2D eigenvalue weighted by Crippen LogP contribution is -2.60. The summed E-state index contributed by atoms with van der Waals surface area (Å²) in [7, 11) is -5.07. The molecule has 0 saturated carbocycles. The largest absolute Gasteiger partial charge is 0.457 e. The molecular weight excluding hydrogens is 861 g/mol. The van der Waals surface area contributed by atoms with Gasteiger partial charge < -0.3 is 34.3 Å². The molecular formula is C53H96O12S. The fourth-order valence-corrected chi connectivity index (χ4v) is 8.49. The predicted octanol–water partition coefficient (Wildman–Crippen LogP) is 12.3. The minimum Gasteiger partial charge on any atom is -0.457 e. The number of aliphatic hydroxyl groups excluding tert-OH is 3. The van der Waals surface area contributed by atoms with Crippen LogP contribution in [0.15, 0.2) is 48.6 Å². The first kappa shape index (κ1) is 62.1. The summed E-state index contributed by atoms with van der Waals surface area (Å²) in [6.45, 7) is 3.87. The van der Waals surface area contributed by atoms with Crippen LogP contribution in [0.25, 0.3) is 0 Å². The van der Waals surface area contributed by atoms with Crippen LogP contribution in [0.3, 0.4) is 0 Å². The molecule has 1 rings (SSSR count). The van der Waals surface area contributed by atoms with Crippen molar-refractivity contribution in [1.29, 1.82) is 0 Å². The summed E-state index contributed by atoms with van der Waals surface area (Å²) in [5.74, 6) is -0.404. The van der Waals surface area contributed by atoms with Gasteiger partial charge >= 0.3 is 16.4 Å². The van der Waals surface area contributed by atoms with E-state index >= 15 is 0 Å². The van der Waals surface area contributed by atoms with Crippen LogP contribution in [0.1, 0.15) is 219 Å². The van der Waals surface area contributed by atoms with E-state index in [-0.39, 0.29) is 19.6 Å². The Morgan fingerprint density at radius 3 is 1.55 bits per heavy atom. The first-order valence-electron chi connectivity index (χ1n) is 26.4. The smallest absolute Gasteiger partial charge is 0.397 e. The highest BCUT2D eigenvalue weighted by Crippen LogP contribution is 2.26. The van der Waals surface area contributed by atoms with E-state index in [4.69, 9.17) is 18.9 Å². The van der Waals surface area contributed by atoms with Gasteiger partial charge in [-0.15, -0.1) is 0 Å². The number of aliphatic hydroxyl groups is 3. The average Bonchev–Trinajstić information content (AvgIpc) is 3.29. The van der Waals surface area contributed by atoms with Crippen molar-refractivity contribution >= 4 is 16.4 Å². The molecule has 1 fully saturated rings. The summed E-state index contributed by atoms with van der Waals surface area (Å²) < 4.78 is 59.3. The van der Waals surface area contributed by atoms with Crippen molar-refractivity contribution in [3.05, 3.63) is 48.6 Å². The molecule has 66 heavy (non-hydrogen) atoms. The highest BCUT2D eigenvalue weighted by atomic mass is 32.3. The number of rotatable bonds is 46. The number of hydrogen-bond donors (Lipinski definition) is 4. The van der Waals surface area contributed by atoms with Crippen molar-refractivity contribution < 1.29 is 56.2 Å². The lowest BCUT2D eigenvalue weighted by Gasteiger charge is -2.41. The number of carbonyl (C=O) groups is 1. The Labute approximate surface area is 402 Å². The molecule has 0 bridgehead atoms. The third-order valence-corrected chi connectivity index (χ3v) is 12.4. The summed E-state index contributed by atoms with van der Waals surface area (Å²) in [5, 5.41) is 30.8. The van der Waals surface area contributed by atoms with Crippen LogP contribution < -0.4 is 0 Å². The minimum atomic E-state index is -5.07. The van der Waals surface area contributed by atoms with E-state index in [1.807, 2.05) is 0 Å². The maximum absolute atomic E-state index is 12.9. The molecule has 0 aromatic heterocycles. The molecule has 6 atom stereocenters. The molecule has 386 valence electrons. The van der Waals surface area contributed by atoms with Gasteiger partial charge in [0.1, 0.15) is 30.5 Å². The second-order valence-electron chi connectivity index (χ2n) is 18.1. The van der Waals surface area contributed by atoms with E-state index in [1.54, 1.807) is 0 Å². The van der Waals surface area contributed by atoms with Crippen molar-refractivity contribution in [2.24, 2.45) is 0 Å². The standard InChI is InChI=1S/C53H96O12S/c1-3-5-7-9-11-13-15-17-19-21-22-23-24-25-26-27-28-30-32-34-36-38-40-42-49(55)63-47(46-62-53-51(57)52(65-66(58,59)60)50(56)48(44-54)64-53)45-61-43-41-39-37-35-33-31-29-20-18-16-14-12-10-8-6-4-2/h6,8,12,14,18,20-22,47-48,50-54,56-57H,3-5,7,9-11,13,15-17,19,23-46H2,1-2H3,(H,58,59,60)/b8-6-,14-12-,20-18-,22-21-. The molecule has 1 aliphatic rings. The topological polar surface area (TPSA) is 178 Å². The normalized spacial score (nSPS) is 19.9. The predicted molar refractivity (Wildman–Crippen MR) is 266 cm³/mol. The molecule has 0 aliphatic carbocycles. The quantitative estimate of drug-likeness (QED) is 0.0197. The third-order valence-electron chi connectivity index (χ3n) is 11.9. The van der Waals surface area contributed by atoms with Crippen molar-refractivity contribution in [3.63, 3.8) is 0 Å². The number of esters is 1. The van der Waals surface area contributed by atoms with Crippen LogP contribution in [0.5, 0.6) is 0 Å². The van der Waals surface area contributed by atoms with Crippen LogP contribution >= 0.6 is 0 Å². The zero-order valence-electron chi connectivity index (χ0n) is 41.5. The van der Waals surface area contributed by atoms with Crippen molar-refractivity contribution in [2.45, 2.75) is 256 Å². The van der Waals surface area contributed by atoms with Crippen molar-refractivity contribution in [2.75, 3.05) is 26.4 Å². The van der Waals surface area contributed by atoms with Gasteiger partial charge in [0.15, 0.2) is 6.29 Å². The molecule has 1 heterocycles. The molecule has 4 N–H and O–H groups in total. The number of hydrogen-bond acceptors (Lipinski definition) is 11. The van der Waals surface area contributed by atoms with Gasteiger partial charge in [0.05, 0.1) is 19.8 Å². The number of carbonyl (C=O) groups excluding carboxylic acids is 1. The van der Waals surface area contributed by atoms with E-state index in [0.29, 0.717) is 13.0 Å². The molecule has 13 heteroatoms. The van der Waals surface area contributed by atoms with Gasteiger partial charge in [-0.05, 0) is 70.6 Å². The van der Waals surface area contributed by atoms with Crippen LogP contribution in [-0.2, 0) is 38.3 Å². The van der Waals surface area contributed by atoms with Crippen molar-refractivity contribution in [1.82, 2.24) is 0 Å². The Morgan fingerprint density at radius 1 is 0.591 bits per heavy atom. The summed E-state index contributed by atoms with van der Waals surface area (Å²) in [6.07, 6.45) is 45.7. The second-order valence-corrected chi connectivity index (χ2v) is 19.1. The first-order valence-corrected chi connectivity index (χ1v) is 27.8. The Bertz CT molecular complexity index is 1340. The van der Waals surface area contributed by atoms with Gasteiger partial charge in [-0.1, -0.05) is 191 Å². The zero-order chi connectivity index (χ0) is 48.2. The molecule has 6 unspecified atom stereocenters. The highest BCUT2D eigenvalue weighted by Gasteiger charge is 2.48.